The van der Waals surface area contributed by atoms with E-state index in [-0.39, 0.29) is 36.7 Å². The van der Waals surface area contributed by atoms with Crippen molar-refractivity contribution in [3.8, 4) is 0 Å². The summed E-state index contributed by atoms with van der Waals surface area (Å²) in [5.41, 5.74) is 0. The summed E-state index contributed by atoms with van der Waals surface area (Å²) in [5, 5.41) is 5.84. The standard InChI is InChI=1S/C33H59N3O5/c1-9-13-15-17-19-22-26(21-18-16-14-10-2)30(37)34-28(23-25(5)6)31(38)35-29(33(40)41-12-4)24-27(20-11-3)32(39)36(7)8/h10-11,25-29H,2-3,9,12-24H2,1,4-8H3,(H,34,37)(H,35,38)/t26?,27?,28-,29-/m0/s1. The monoisotopic (exact) mass is 577 g/mol. The summed E-state index contributed by atoms with van der Waals surface area (Å²) in [6, 6.07) is -1.81. The van der Waals surface area contributed by atoms with Gasteiger partial charge in [-0.2, -0.15) is 0 Å². The Morgan fingerprint density at radius 2 is 1.39 bits per heavy atom. The molecule has 0 fully saturated rings. The minimum absolute atomic E-state index is 0.0830. The summed E-state index contributed by atoms with van der Waals surface area (Å²) in [5.74, 6) is -1.87. The molecule has 0 saturated carbocycles. The number of carbonyl (C=O) groups excluding carboxylic acids is 4. The number of hydrogen-bond acceptors (Lipinski definition) is 5. The van der Waals surface area contributed by atoms with E-state index in [9.17, 15) is 19.2 Å². The van der Waals surface area contributed by atoms with Crippen LogP contribution in [0.1, 0.15) is 111 Å². The van der Waals surface area contributed by atoms with Gasteiger partial charge in [0.25, 0.3) is 0 Å². The highest BCUT2D eigenvalue weighted by atomic mass is 16.5. The van der Waals surface area contributed by atoms with E-state index in [1.165, 1.54) is 17.7 Å². The van der Waals surface area contributed by atoms with Crippen molar-refractivity contribution >= 4 is 23.7 Å². The summed E-state index contributed by atoms with van der Waals surface area (Å²) >= 11 is 0. The van der Waals surface area contributed by atoms with Crippen molar-refractivity contribution in [3.05, 3.63) is 25.3 Å². The van der Waals surface area contributed by atoms with Gasteiger partial charge in [-0.1, -0.05) is 71.4 Å². The van der Waals surface area contributed by atoms with E-state index < -0.39 is 29.9 Å². The quantitative estimate of drug-likeness (QED) is 0.0837. The number of hydrogen-bond donors (Lipinski definition) is 2. The number of rotatable bonds is 24. The van der Waals surface area contributed by atoms with Crippen LogP contribution in [0.3, 0.4) is 0 Å². The molecule has 0 aliphatic heterocycles. The molecular formula is C33H59N3O5. The summed E-state index contributed by atoms with van der Waals surface area (Å²) < 4.78 is 5.24. The Labute approximate surface area is 250 Å². The number of nitrogens with zero attached hydrogens (tertiary/aromatic N) is 1. The van der Waals surface area contributed by atoms with Crippen LogP contribution in [0.25, 0.3) is 0 Å². The summed E-state index contributed by atoms with van der Waals surface area (Å²) in [6.07, 6.45) is 14.4. The largest absolute Gasteiger partial charge is 0.464 e. The van der Waals surface area contributed by atoms with Crippen LogP contribution in [0, 0.1) is 17.8 Å². The lowest BCUT2D eigenvalue weighted by molar-refractivity contribution is -0.148. The van der Waals surface area contributed by atoms with Crippen LogP contribution < -0.4 is 10.6 Å². The smallest absolute Gasteiger partial charge is 0.328 e. The van der Waals surface area contributed by atoms with Crippen molar-refractivity contribution in [3.63, 3.8) is 0 Å². The normalized spacial score (nSPS) is 13.9. The van der Waals surface area contributed by atoms with E-state index in [1.807, 2.05) is 19.9 Å². The molecule has 4 atom stereocenters. The van der Waals surface area contributed by atoms with Gasteiger partial charge in [-0.05, 0) is 57.8 Å². The second-order valence-corrected chi connectivity index (χ2v) is 11.7. The maximum absolute atomic E-state index is 13.6. The zero-order valence-electron chi connectivity index (χ0n) is 26.8. The van der Waals surface area contributed by atoms with Gasteiger partial charge >= 0.3 is 5.97 Å². The molecule has 0 aromatic carbocycles. The van der Waals surface area contributed by atoms with Crippen molar-refractivity contribution in [1.82, 2.24) is 15.5 Å². The molecule has 0 aromatic heterocycles. The number of nitrogens with one attached hydrogen (secondary N) is 2. The van der Waals surface area contributed by atoms with Crippen molar-refractivity contribution in [2.45, 2.75) is 123 Å². The van der Waals surface area contributed by atoms with E-state index in [2.05, 4.69) is 30.7 Å². The van der Waals surface area contributed by atoms with Gasteiger partial charge in [-0.25, -0.2) is 4.79 Å². The Hall–Kier alpha value is -2.64. The Balaban J connectivity index is 5.76. The van der Waals surface area contributed by atoms with Gasteiger partial charge in [0, 0.05) is 25.9 Å². The lowest BCUT2D eigenvalue weighted by atomic mass is 9.92. The second-order valence-electron chi connectivity index (χ2n) is 11.7. The van der Waals surface area contributed by atoms with Crippen LogP contribution >= 0.6 is 0 Å². The highest BCUT2D eigenvalue weighted by molar-refractivity contribution is 5.91. The average Bonchev–Trinajstić information content (AvgIpc) is 2.92. The summed E-state index contributed by atoms with van der Waals surface area (Å²) in [4.78, 5) is 54.2. The molecule has 0 spiro atoms. The van der Waals surface area contributed by atoms with Crippen molar-refractivity contribution in [1.29, 1.82) is 0 Å². The van der Waals surface area contributed by atoms with Crippen LogP contribution in [-0.4, -0.2) is 61.4 Å². The first-order chi connectivity index (χ1) is 19.5. The van der Waals surface area contributed by atoms with Crippen LogP contribution in [-0.2, 0) is 23.9 Å². The molecule has 0 heterocycles. The second kappa shape index (κ2) is 23.0. The van der Waals surface area contributed by atoms with Crippen molar-refractivity contribution in [2.24, 2.45) is 17.8 Å². The molecule has 0 aliphatic rings. The number of carbonyl (C=O) groups is 4. The molecule has 0 radical (unpaired) electrons. The third-order valence-corrected chi connectivity index (χ3v) is 7.23. The Morgan fingerprint density at radius 3 is 1.93 bits per heavy atom. The third kappa shape index (κ3) is 17.0. The molecule has 2 unspecified atom stereocenters. The highest BCUT2D eigenvalue weighted by Gasteiger charge is 2.33. The first kappa shape index (κ1) is 38.4. The molecule has 8 nitrogen and oxygen atoms in total. The predicted molar refractivity (Wildman–Crippen MR) is 167 cm³/mol. The molecule has 41 heavy (non-hydrogen) atoms. The SMILES string of the molecule is C=CCCCCC(CCCCCCC)C(=O)N[C@@H](CC(C)C)C(=O)N[C@@H](CC(CC=C)C(=O)N(C)C)C(=O)OCC. The van der Waals surface area contributed by atoms with Crippen LogP contribution in [0.4, 0.5) is 0 Å². The fraction of sp³-hybridized carbons (Fsp3) is 0.758. The first-order valence-corrected chi connectivity index (χ1v) is 15.7. The highest BCUT2D eigenvalue weighted by Crippen LogP contribution is 2.20. The van der Waals surface area contributed by atoms with Gasteiger partial charge in [0.05, 0.1) is 6.61 Å². The van der Waals surface area contributed by atoms with Crippen LogP contribution in [0.2, 0.25) is 0 Å². The van der Waals surface area contributed by atoms with Gasteiger partial charge in [0.1, 0.15) is 12.1 Å². The minimum atomic E-state index is -1.02. The molecule has 3 amide bonds. The zero-order valence-corrected chi connectivity index (χ0v) is 26.8. The van der Waals surface area contributed by atoms with Gasteiger partial charge in [-0.3, -0.25) is 14.4 Å². The molecule has 0 aromatic rings. The Kier molecular flexibility index (Phi) is 21.5. The Morgan fingerprint density at radius 1 is 0.780 bits per heavy atom. The molecule has 0 rings (SSSR count). The predicted octanol–water partition coefficient (Wildman–Crippen LogP) is 5.96. The maximum atomic E-state index is 13.6. The van der Waals surface area contributed by atoms with Gasteiger partial charge in [-0.15, -0.1) is 13.2 Å². The topological polar surface area (TPSA) is 105 Å². The van der Waals surface area contributed by atoms with Gasteiger partial charge < -0.3 is 20.3 Å². The van der Waals surface area contributed by atoms with Crippen molar-refractivity contribution in [2.75, 3.05) is 20.7 Å². The van der Waals surface area contributed by atoms with Gasteiger partial charge in [0.2, 0.25) is 17.7 Å². The molecule has 0 bridgehead atoms. The van der Waals surface area contributed by atoms with E-state index in [1.54, 1.807) is 27.1 Å². The number of unbranched alkanes of at least 4 members (excludes halogenated alkanes) is 6. The number of esters is 1. The lowest BCUT2D eigenvalue weighted by Gasteiger charge is -2.27. The number of ether oxygens (including phenoxy) is 1. The van der Waals surface area contributed by atoms with E-state index >= 15 is 0 Å². The van der Waals surface area contributed by atoms with Crippen LogP contribution in [0.5, 0.6) is 0 Å². The van der Waals surface area contributed by atoms with Crippen LogP contribution in [0.15, 0.2) is 25.3 Å². The first-order valence-electron chi connectivity index (χ1n) is 15.7. The summed E-state index contributed by atoms with van der Waals surface area (Å²) in [6.45, 7) is 15.5. The third-order valence-electron chi connectivity index (χ3n) is 7.23. The molecule has 236 valence electrons. The molecule has 0 aliphatic carbocycles. The zero-order chi connectivity index (χ0) is 31.2. The van der Waals surface area contributed by atoms with E-state index in [0.29, 0.717) is 12.8 Å². The molecule has 2 N–H and O–H groups in total. The van der Waals surface area contributed by atoms with E-state index in [4.69, 9.17) is 4.74 Å². The maximum Gasteiger partial charge on any atom is 0.328 e. The molecule has 8 heteroatoms. The van der Waals surface area contributed by atoms with E-state index in [0.717, 1.165) is 51.4 Å². The fourth-order valence-corrected chi connectivity index (χ4v) is 4.95. The lowest BCUT2D eigenvalue weighted by Crippen LogP contribution is -2.54. The average molecular weight is 578 g/mol. The van der Waals surface area contributed by atoms with Gasteiger partial charge in [0.15, 0.2) is 0 Å². The number of allylic oxidation sites excluding steroid dienone is 2. The fourth-order valence-electron chi connectivity index (χ4n) is 4.95. The Bertz CT molecular complexity index is 796. The molecule has 0 saturated heterocycles. The minimum Gasteiger partial charge on any atom is -0.464 e. The summed E-state index contributed by atoms with van der Waals surface area (Å²) in [7, 11) is 3.31. The molecular weight excluding hydrogens is 518 g/mol. The van der Waals surface area contributed by atoms with Crippen molar-refractivity contribution < 1.29 is 23.9 Å². The number of amides is 3.